The first-order chi connectivity index (χ1) is 11.0. The van der Waals surface area contributed by atoms with Crippen LogP contribution in [-0.2, 0) is 6.54 Å². The normalized spacial score (nSPS) is 12.6. The molecule has 0 saturated carbocycles. The Bertz CT molecular complexity index is 570. The molecule has 0 aliphatic rings. The average molecular weight is 314 g/mol. The highest BCUT2D eigenvalue weighted by molar-refractivity contribution is 5.41. The summed E-state index contributed by atoms with van der Waals surface area (Å²) in [5, 5.41) is 10.3. The van der Waals surface area contributed by atoms with Crippen LogP contribution in [0.15, 0.2) is 54.6 Å². The van der Waals surface area contributed by atoms with Crippen molar-refractivity contribution in [2.24, 2.45) is 0 Å². The van der Waals surface area contributed by atoms with Crippen LogP contribution in [0.1, 0.15) is 19.4 Å². The first-order valence-corrected chi connectivity index (χ1v) is 7.99. The molecular formula is C19H26N2O2. The van der Waals surface area contributed by atoms with Crippen LogP contribution in [0.25, 0.3) is 0 Å². The number of anilines is 1. The number of hydrogen-bond donors (Lipinski definition) is 2. The van der Waals surface area contributed by atoms with E-state index in [1.807, 2.05) is 30.3 Å². The van der Waals surface area contributed by atoms with Crippen LogP contribution in [0.5, 0.6) is 5.75 Å². The lowest BCUT2D eigenvalue weighted by Gasteiger charge is -2.28. The van der Waals surface area contributed by atoms with E-state index in [1.54, 1.807) is 12.1 Å². The number of aliphatic hydroxyl groups excluding tert-OH is 1. The van der Waals surface area contributed by atoms with E-state index in [9.17, 15) is 5.11 Å². The molecule has 3 N–H and O–H groups in total. The zero-order chi connectivity index (χ0) is 16.7. The SMILES string of the molecule is CC(C)N(Cc1ccccc1)CC(O)COc1ccc(N)cc1. The Morgan fingerprint density at radius 2 is 1.70 bits per heavy atom. The highest BCUT2D eigenvalue weighted by Gasteiger charge is 2.15. The van der Waals surface area contributed by atoms with Gasteiger partial charge in [0.05, 0.1) is 0 Å². The molecule has 1 unspecified atom stereocenters. The predicted molar refractivity (Wildman–Crippen MR) is 94.3 cm³/mol. The van der Waals surface area contributed by atoms with Gasteiger partial charge in [-0.15, -0.1) is 0 Å². The minimum atomic E-state index is -0.543. The Morgan fingerprint density at radius 3 is 2.30 bits per heavy atom. The summed E-state index contributed by atoms with van der Waals surface area (Å²) in [6.45, 7) is 5.92. The van der Waals surface area contributed by atoms with E-state index in [0.717, 1.165) is 12.3 Å². The van der Waals surface area contributed by atoms with Crippen molar-refractivity contribution in [1.29, 1.82) is 0 Å². The lowest BCUT2D eigenvalue weighted by atomic mass is 10.1. The van der Waals surface area contributed by atoms with Crippen molar-refractivity contribution >= 4 is 5.69 Å². The zero-order valence-electron chi connectivity index (χ0n) is 13.9. The van der Waals surface area contributed by atoms with Gasteiger partial charge >= 0.3 is 0 Å². The molecule has 4 nitrogen and oxygen atoms in total. The average Bonchev–Trinajstić information content (AvgIpc) is 2.54. The van der Waals surface area contributed by atoms with Gasteiger partial charge in [0.1, 0.15) is 18.5 Å². The minimum Gasteiger partial charge on any atom is -0.491 e. The summed E-state index contributed by atoms with van der Waals surface area (Å²) in [7, 11) is 0. The number of ether oxygens (including phenoxy) is 1. The van der Waals surface area contributed by atoms with Crippen molar-refractivity contribution in [3.05, 3.63) is 60.2 Å². The minimum absolute atomic E-state index is 0.266. The van der Waals surface area contributed by atoms with E-state index in [1.165, 1.54) is 5.56 Å². The van der Waals surface area contributed by atoms with Crippen LogP contribution < -0.4 is 10.5 Å². The summed E-state index contributed by atoms with van der Waals surface area (Å²) < 4.78 is 5.62. The van der Waals surface area contributed by atoms with Gasteiger partial charge in [0.15, 0.2) is 0 Å². The monoisotopic (exact) mass is 314 g/mol. The summed E-state index contributed by atoms with van der Waals surface area (Å²) in [6, 6.07) is 17.8. The van der Waals surface area contributed by atoms with E-state index in [2.05, 4.69) is 30.9 Å². The topological polar surface area (TPSA) is 58.7 Å². The van der Waals surface area contributed by atoms with Crippen LogP contribution >= 0.6 is 0 Å². The van der Waals surface area contributed by atoms with Crippen LogP contribution in [0.2, 0.25) is 0 Å². The van der Waals surface area contributed by atoms with Gasteiger partial charge in [-0.1, -0.05) is 30.3 Å². The second kappa shape index (κ2) is 8.56. The predicted octanol–water partition coefficient (Wildman–Crippen LogP) is 2.92. The maximum Gasteiger partial charge on any atom is 0.119 e. The fourth-order valence-electron chi connectivity index (χ4n) is 2.36. The van der Waals surface area contributed by atoms with Crippen molar-refractivity contribution in [2.75, 3.05) is 18.9 Å². The first-order valence-electron chi connectivity index (χ1n) is 7.99. The van der Waals surface area contributed by atoms with Crippen LogP contribution in [0.4, 0.5) is 5.69 Å². The molecule has 124 valence electrons. The molecule has 0 aliphatic carbocycles. The maximum absolute atomic E-state index is 10.3. The van der Waals surface area contributed by atoms with Crippen molar-refractivity contribution in [1.82, 2.24) is 4.90 Å². The van der Waals surface area contributed by atoms with Gasteiger partial charge in [0.25, 0.3) is 0 Å². The quantitative estimate of drug-likeness (QED) is 0.736. The highest BCUT2D eigenvalue weighted by Crippen LogP contribution is 2.14. The Balaban J connectivity index is 1.85. The third-order valence-corrected chi connectivity index (χ3v) is 3.73. The van der Waals surface area contributed by atoms with Gasteiger partial charge in [0.2, 0.25) is 0 Å². The van der Waals surface area contributed by atoms with E-state index in [-0.39, 0.29) is 6.61 Å². The highest BCUT2D eigenvalue weighted by atomic mass is 16.5. The molecule has 23 heavy (non-hydrogen) atoms. The molecule has 0 amide bonds. The van der Waals surface area contributed by atoms with Crippen LogP contribution in [0, 0.1) is 0 Å². The smallest absolute Gasteiger partial charge is 0.119 e. The van der Waals surface area contributed by atoms with Gasteiger partial charge in [-0.3, -0.25) is 4.90 Å². The molecule has 2 rings (SSSR count). The standard InChI is InChI=1S/C19H26N2O2/c1-15(2)21(12-16-6-4-3-5-7-16)13-18(22)14-23-19-10-8-17(20)9-11-19/h3-11,15,18,22H,12-14,20H2,1-2H3. The number of rotatable bonds is 8. The van der Waals surface area contributed by atoms with E-state index >= 15 is 0 Å². The lowest BCUT2D eigenvalue weighted by molar-refractivity contribution is 0.0543. The fraction of sp³-hybridized carbons (Fsp3) is 0.368. The molecule has 0 aromatic heterocycles. The summed E-state index contributed by atoms with van der Waals surface area (Å²) in [4.78, 5) is 2.24. The Hall–Kier alpha value is -2.04. The van der Waals surface area contributed by atoms with Gasteiger partial charge in [0, 0.05) is 24.8 Å². The number of benzene rings is 2. The molecule has 0 fully saturated rings. The Morgan fingerprint density at radius 1 is 1.04 bits per heavy atom. The second-order valence-corrected chi connectivity index (χ2v) is 6.04. The molecular weight excluding hydrogens is 288 g/mol. The van der Waals surface area contributed by atoms with Gasteiger partial charge < -0.3 is 15.6 Å². The molecule has 0 heterocycles. The first kappa shape index (κ1) is 17.3. The number of aliphatic hydroxyl groups is 1. The summed E-state index contributed by atoms with van der Waals surface area (Å²) in [5.41, 5.74) is 7.59. The number of nitrogens with two attached hydrogens (primary N) is 1. The molecule has 0 spiro atoms. The van der Waals surface area contributed by atoms with Crippen molar-refractivity contribution in [2.45, 2.75) is 32.5 Å². The summed E-state index contributed by atoms with van der Waals surface area (Å²) in [6.07, 6.45) is -0.543. The maximum atomic E-state index is 10.3. The van der Waals surface area contributed by atoms with Gasteiger partial charge in [-0.05, 0) is 43.7 Å². The Labute approximate surface area is 138 Å². The number of nitrogen functional groups attached to an aromatic ring is 1. The van der Waals surface area contributed by atoms with Crippen LogP contribution in [-0.4, -0.2) is 35.3 Å². The van der Waals surface area contributed by atoms with Crippen LogP contribution in [0.3, 0.4) is 0 Å². The molecule has 2 aromatic rings. The second-order valence-electron chi connectivity index (χ2n) is 6.04. The van der Waals surface area contributed by atoms with Gasteiger partial charge in [-0.2, -0.15) is 0 Å². The fourth-order valence-corrected chi connectivity index (χ4v) is 2.36. The van der Waals surface area contributed by atoms with E-state index < -0.39 is 6.10 Å². The Kier molecular flexibility index (Phi) is 6.44. The lowest BCUT2D eigenvalue weighted by Crippen LogP contribution is -2.39. The summed E-state index contributed by atoms with van der Waals surface area (Å²) in [5.74, 6) is 0.720. The van der Waals surface area contributed by atoms with E-state index in [0.29, 0.717) is 18.3 Å². The third-order valence-electron chi connectivity index (χ3n) is 3.73. The molecule has 0 radical (unpaired) electrons. The van der Waals surface area contributed by atoms with Gasteiger partial charge in [-0.25, -0.2) is 0 Å². The van der Waals surface area contributed by atoms with E-state index in [4.69, 9.17) is 10.5 Å². The molecule has 2 aromatic carbocycles. The molecule has 1 atom stereocenters. The summed E-state index contributed by atoms with van der Waals surface area (Å²) >= 11 is 0. The van der Waals surface area contributed by atoms with Crippen molar-refractivity contribution in [3.63, 3.8) is 0 Å². The molecule has 4 heteroatoms. The molecule has 0 aliphatic heterocycles. The van der Waals surface area contributed by atoms with Crippen molar-refractivity contribution < 1.29 is 9.84 Å². The largest absolute Gasteiger partial charge is 0.491 e. The third kappa shape index (κ3) is 5.93. The molecule has 0 bridgehead atoms. The van der Waals surface area contributed by atoms with Crippen molar-refractivity contribution in [3.8, 4) is 5.75 Å². The molecule has 0 saturated heterocycles. The number of hydrogen-bond acceptors (Lipinski definition) is 4. The number of nitrogens with zero attached hydrogens (tertiary/aromatic N) is 1. The zero-order valence-corrected chi connectivity index (χ0v) is 13.9.